The third kappa shape index (κ3) is 5.67. The number of aromatic nitrogens is 4. The SMILES string of the molecule is CCc1nc(Nc2ccc(-n3cnc(C)c3)c(OC)c2)nc2c1N(CCOC)C(=O)CN2CC(C)OC. The lowest BCUT2D eigenvalue weighted by Gasteiger charge is -2.38. The van der Waals surface area contributed by atoms with Crippen molar-refractivity contribution in [3.05, 3.63) is 42.1 Å². The second-order valence-electron chi connectivity index (χ2n) is 8.92. The molecule has 0 bridgehead atoms. The van der Waals surface area contributed by atoms with E-state index in [1.54, 1.807) is 32.6 Å². The molecular weight excluding hydrogens is 474 g/mol. The molecule has 11 nitrogen and oxygen atoms in total. The number of aryl methyl sites for hydroxylation is 2. The Hall–Kier alpha value is -3.70. The summed E-state index contributed by atoms with van der Waals surface area (Å²) in [6.45, 7) is 7.52. The Morgan fingerprint density at radius 2 is 2.00 bits per heavy atom. The molecule has 37 heavy (non-hydrogen) atoms. The highest BCUT2D eigenvalue weighted by molar-refractivity contribution is 6.03. The highest BCUT2D eigenvalue weighted by Crippen LogP contribution is 2.37. The van der Waals surface area contributed by atoms with Crippen LogP contribution < -0.4 is 19.9 Å². The van der Waals surface area contributed by atoms with Gasteiger partial charge in [0.05, 0.1) is 49.8 Å². The van der Waals surface area contributed by atoms with Crippen LogP contribution in [0, 0.1) is 6.92 Å². The molecule has 1 aliphatic heterocycles. The van der Waals surface area contributed by atoms with Crippen LogP contribution in [0.5, 0.6) is 5.75 Å². The molecule has 0 fully saturated rings. The molecular formula is C26H35N7O4. The van der Waals surface area contributed by atoms with Crippen molar-refractivity contribution in [2.75, 3.05) is 62.7 Å². The number of carbonyl (C=O) groups excluding carboxylic acids is 1. The van der Waals surface area contributed by atoms with E-state index in [2.05, 4.69) is 10.3 Å². The monoisotopic (exact) mass is 509 g/mol. The zero-order valence-electron chi connectivity index (χ0n) is 22.3. The lowest BCUT2D eigenvalue weighted by Crippen LogP contribution is -2.50. The average molecular weight is 510 g/mol. The molecule has 0 saturated carbocycles. The topological polar surface area (TPSA) is 107 Å². The van der Waals surface area contributed by atoms with Gasteiger partial charge in [0.15, 0.2) is 5.82 Å². The first kappa shape index (κ1) is 26.4. The second kappa shape index (κ2) is 11.6. The minimum Gasteiger partial charge on any atom is -0.494 e. The van der Waals surface area contributed by atoms with E-state index >= 15 is 0 Å². The summed E-state index contributed by atoms with van der Waals surface area (Å²) in [7, 11) is 4.92. The molecule has 2 aromatic heterocycles. The summed E-state index contributed by atoms with van der Waals surface area (Å²) in [6.07, 6.45) is 4.25. The lowest BCUT2D eigenvalue weighted by molar-refractivity contribution is -0.117. The third-order valence-electron chi connectivity index (χ3n) is 6.29. The smallest absolute Gasteiger partial charge is 0.246 e. The van der Waals surface area contributed by atoms with Crippen LogP contribution in [0.3, 0.4) is 0 Å². The molecule has 0 saturated heterocycles. The minimum absolute atomic E-state index is 0.0121. The predicted octanol–water partition coefficient (Wildman–Crippen LogP) is 3.12. The molecule has 1 unspecified atom stereocenters. The predicted molar refractivity (Wildman–Crippen MR) is 142 cm³/mol. The first-order valence-corrected chi connectivity index (χ1v) is 12.3. The van der Waals surface area contributed by atoms with Gasteiger partial charge >= 0.3 is 0 Å². The van der Waals surface area contributed by atoms with Crippen molar-refractivity contribution < 1.29 is 19.0 Å². The molecule has 3 heterocycles. The normalized spacial score (nSPS) is 14.1. The molecule has 1 aromatic carbocycles. The Bertz CT molecular complexity index is 1250. The zero-order valence-corrected chi connectivity index (χ0v) is 22.3. The number of methoxy groups -OCH3 is 3. The minimum atomic E-state index is -0.0776. The molecule has 0 spiro atoms. The number of benzene rings is 1. The summed E-state index contributed by atoms with van der Waals surface area (Å²) in [5, 5.41) is 3.33. The number of nitrogens with zero attached hydrogens (tertiary/aromatic N) is 6. The molecule has 1 aliphatic rings. The molecule has 4 rings (SSSR count). The van der Waals surface area contributed by atoms with Gasteiger partial charge in [-0.1, -0.05) is 6.92 Å². The Morgan fingerprint density at radius 1 is 1.19 bits per heavy atom. The van der Waals surface area contributed by atoms with Crippen LogP contribution >= 0.6 is 0 Å². The maximum Gasteiger partial charge on any atom is 0.246 e. The molecule has 198 valence electrons. The van der Waals surface area contributed by atoms with Crippen molar-refractivity contribution in [2.24, 2.45) is 0 Å². The van der Waals surface area contributed by atoms with Crippen LogP contribution in [0.2, 0.25) is 0 Å². The average Bonchev–Trinajstić information content (AvgIpc) is 3.33. The van der Waals surface area contributed by atoms with Crippen LogP contribution in [-0.4, -0.2) is 79.1 Å². The fourth-order valence-electron chi connectivity index (χ4n) is 4.34. The summed E-state index contributed by atoms with van der Waals surface area (Å²) in [5.74, 6) is 1.82. The van der Waals surface area contributed by atoms with Crippen LogP contribution in [0.4, 0.5) is 23.1 Å². The van der Waals surface area contributed by atoms with E-state index in [1.807, 2.05) is 54.6 Å². The van der Waals surface area contributed by atoms with Gasteiger partial charge in [-0.25, -0.2) is 9.97 Å². The molecule has 11 heteroatoms. The number of rotatable bonds is 11. The van der Waals surface area contributed by atoms with Crippen molar-refractivity contribution in [3.63, 3.8) is 0 Å². The van der Waals surface area contributed by atoms with Crippen molar-refractivity contribution in [1.82, 2.24) is 19.5 Å². The quantitative estimate of drug-likeness (QED) is 0.417. The Morgan fingerprint density at radius 3 is 2.65 bits per heavy atom. The fourth-order valence-corrected chi connectivity index (χ4v) is 4.34. The highest BCUT2D eigenvalue weighted by Gasteiger charge is 2.34. The molecule has 0 radical (unpaired) electrons. The van der Waals surface area contributed by atoms with Gasteiger partial charge in [0.1, 0.15) is 11.4 Å². The standard InChI is InChI=1S/C26H35N7O4/c1-7-20-24-25(31(14-18(3)36-5)15-23(34)33(24)10-11-35-4)30-26(29-20)28-19-8-9-21(22(12-19)37-6)32-13-17(2)27-16-32/h8-9,12-13,16,18H,7,10-11,14-15H2,1-6H3,(H,28,29,30). The van der Waals surface area contributed by atoms with Gasteiger partial charge in [0.2, 0.25) is 11.9 Å². The summed E-state index contributed by atoms with van der Waals surface area (Å²) in [5.41, 5.74) is 4.09. The first-order chi connectivity index (χ1) is 17.9. The van der Waals surface area contributed by atoms with E-state index in [0.717, 1.165) is 28.5 Å². The number of fused-ring (bicyclic) bond motifs is 1. The summed E-state index contributed by atoms with van der Waals surface area (Å²) >= 11 is 0. The second-order valence-corrected chi connectivity index (χ2v) is 8.92. The Kier molecular flexibility index (Phi) is 8.24. The number of hydrogen-bond acceptors (Lipinski definition) is 9. The molecule has 3 aromatic rings. The number of anilines is 4. The summed E-state index contributed by atoms with van der Waals surface area (Å²) in [6, 6.07) is 5.80. The largest absolute Gasteiger partial charge is 0.494 e. The van der Waals surface area contributed by atoms with E-state index < -0.39 is 0 Å². The van der Waals surface area contributed by atoms with Gasteiger partial charge in [0, 0.05) is 45.3 Å². The van der Waals surface area contributed by atoms with Crippen LogP contribution in [0.1, 0.15) is 25.2 Å². The van der Waals surface area contributed by atoms with E-state index in [0.29, 0.717) is 43.6 Å². The van der Waals surface area contributed by atoms with Crippen LogP contribution in [-0.2, 0) is 20.7 Å². The van der Waals surface area contributed by atoms with Crippen LogP contribution in [0.15, 0.2) is 30.7 Å². The van der Waals surface area contributed by atoms with E-state index in [9.17, 15) is 4.79 Å². The van der Waals surface area contributed by atoms with Gasteiger partial charge in [-0.05, 0) is 32.4 Å². The first-order valence-electron chi connectivity index (χ1n) is 12.3. The molecule has 1 N–H and O–H groups in total. The number of carbonyl (C=O) groups is 1. The van der Waals surface area contributed by atoms with Gasteiger partial charge in [-0.3, -0.25) is 4.79 Å². The number of hydrogen-bond donors (Lipinski definition) is 1. The van der Waals surface area contributed by atoms with Crippen molar-refractivity contribution >= 4 is 29.0 Å². The highest BCUT2D eigenvalue weighted by atomic mass is 16.5. The third-order valence-corrected chi connectivity index (χ3v) is 6.29. The molecule has 1 amide bonds. The fraction of sp³-hybridized carbons (Fsp3) is 0.462. The van der Waals surface area contributed by atoms with E-state index in [-0.39, 0.29) is 18.6 Å². The molecule has 1 atom stereocenters. The van der Waals surface area contributed by atoms with E-state index in [1.165, 1.54) is 0 Å². The van der Waals surface area contributed by atoms with Gasteiger partial charge < -0.3 is 33.9 Å². The van der Waals surface area contributed by atoms with Crippen molar-refractivity contribution in [1.29, 1.82) is 0 Å². The lowest BCUT2D eigenvalue weighted by atomic mass is 10.1. The summed E-state index contributed by atoms with van der Waals surface area (Å²) < 4.78 is 18.3. The zero-order chi connectivity index (χ0) is 26.5. The maximum absolute atomic E-state index is 13.1. The Balaban J connectivity index is 1.72. The van der Waals surface area contributed by atoms with Gasteiger partial charge in [-0.15, -0.1) is 0 Å². The van der Waals surface area contributed by atoms with Gasteiger partial charge in [-0.2, -0.15) is 4.98 Å². The van der Waals surface area contributed by atoms with Crippen LogP contribution in [0.25, 0.3) is 5.69 Å². The molecule has 0 aliphatic carbocycles. The maximum atomic E-state index is 13.1. The van der Waals surface area contributed by atoms with Crippen molar-refractivity contribution in [3.8, 4) is 11.4 Å². The van der Waals surface area contributed by atoms with Gasteiger partial charge in [0.25, 0.3) is 0 Å². The summed E-state index contributed by atoms with van der Waals surface area (Å²) in [4.78, 5) is 30.8. The number of nitrogens with one attached hydrogen (secondary N) is 1. The number of ether oxygens (including phenoxy) is 3. The Labute approximate surface area is 217 Å². The van der Waals surface area contributed by atoms with E-state index in [4.69, 9.17) is 24.2 Å². The number of imidazole rings is 1. The van der Waals surface area contributed by atoms with Crippen molar-refractivity contribution in [2.45, 2.75) is 33.3 Å². The number of amides is 1.